The summed E-state index contributed by atoms with van der Waals surface area (Å²) in [6.07, 6.45) is 3.70. The molecule has 10 heteroatoms. The van der Waals surface area contributed by atoms with Crippen LogP contribution in [0.2, 0.25) is 0 Å². The van der Waals surface area contributed by atoms with Crippen LogP contribution in [0.3, 0.4) is 0 Å². The molecule has 1 aliphatic rings. The van der Waals surface area contributed by atoms with Crippen LogP contribution < -0.4 is 5.32 Å². The van der Waals surface area contributed by atoms with Crippen LogP contribution >= 0.6 is 11.8 Å². The van der Waals surface area contributed by atoms with Gasteiger partial charge in [-0.05, 0) is 25.5 Å². The second kappa shape index (κ2) is 7.28. The van der Waals surface area contributed by atoms with Crippen LogP contribution in [0.25, 0.3) is 11.6 Å². The third kappa shape index (κ3) is 4.18. The summed E-state index contributed by atoms with van der Waals surface area (Å²) < 4.78 is 30.5. The Morgan fingerprint density at radius 1 is 1.54 bits per heavy atom. The van der Waals surface area contributed by atoms with Crippen LogP contribution in [0.5, 0.6) is 0 Å². The summed E-state index contributed by atoms with van der Waals surface area (Å²) in [6, 6.07) is 3.55. The Morgan fingerprint density at radius 3 is 2.96 bits per heavy atom. The van der Waals surface area contributed by atoms with E-state index >= 15 is 0 Å². The summed E-state index contributed by atoms with van der Waals surface area (Å²) in [7, 11) is -3.07. The van der Waals surface area contributed by atoms with Gasteiger partial charge in [0.25, 0.3) is 0 Å². The predicted molar refractivity (Wildman–Crippen MR) is 98.5 cm³/mol. The Kier molecular flexibility index (Phi) is 5.24. The average Bonchev–Trinajstić information content (AvgIpc) is 3.25. The van der Waals surface area contributed by atoms with Crippen LogP contribution in [0, 0.1) is 0 Å². The van der Waals surface area contributed by atoms with Gasteiger partial charge in [-0.15, -0.1) is 16.8 Å². The molecule has 8 nitrogen and oxygen atoms in total. The number of allylic oxidation sites excluding steroid dienone is 1. The number of thioether (sulfide) groups is 1. The van der Waals surface area contributed by atoms with Crippen molar-refractivity contribution in [1.82, 2.24) is 20.1 Å². The molecule has 1 atom stereocenters. The summed E-state index contributed by atoms with van der Waals surface area (Å²) in [4.78, 5) is 12.3. The number of amides is 1. The van der Waals surface area contributed by atoms with Gasteiger partial charge in [0.15, 0.2) is 20.8 Å². The average molecular weight is 396 g/mol. The van der Waals surface area contributed by atoms with Crippen LogP contribution in [0.15, 0.2) is 40.6 Å². The first-order valence-electron chi connectivity index (χ1n) is 8.04. The maximum absolute atomic E-state index is 12.3. The molecule has 0 radical (unpaired) electrons. The van der Waals surface area contributed by atoms with Gasteiger partial charge in [0.05, 0.1) is 29.1 Å². The number of carbonyl (C=O) groups excluding carboxylic acids is 1. The number of nitrogens with one attached hydrogen (secondary N) is 1. The Labute approximate surface area is 156 Å². The second-order valence-corrected chi connectivity index (χ2v) is 9.55. The molecule has 0 saturated carbocycles. The molecule has 26 heavy (non-hydrogen) atoms. The molecule has 0 unspecified atom stereocenters. The van der Waals surface area contributed by atoms with E-state index in [0.717, 1.165) is 0 Å². The largest absolute Gasteiger partial charge is 0.461 e. The first-order chi connectivity index (χ1) is 12.3. The van der Waals surface area contributed by atoms with Crippen molar-refractivity contribution in [1.29, 1.82) is 0 Å². The minimum absolute atomic E-state index is 0.0221. The molecule has 0 aliphatic carbocycles. The van der Waals surface area contributed by atoms with E-state index in [0.29, 0.717) is 29.7 Å². The van der Waals surface area contributed by atoms with Crippen molar-refractivity contribution in [2.75, 3.05) is 17.3 Å². The topological polar surface area (TPSA) is 107 Å². The summed E-state index contributed by atoms with van der Waals surface area (Å²) >= 11 is 1.23. The molecule has 1 N–H and O–H groups in total. The monoisotopic (exact) mass is 396 g/mol. The molecule has 3 heterocycles. The molecule has 140 valence electrons. The minimum Gasteiger partial charge on any atom is -0.461 e. The standard InChI is InChI=1S/C16H20N4O4S2/c1-3-7-20-14(12-5-4-8-24-12)18-19-15(20)25-10-13(21)17-16(2)6-9-26(22,23)11-16/h3-5,8H,1,6-7,9-11H2,2H3,(H,17,21)/t16-/m0/s1. The fourth-order valence-corrected chi connectivity index (χ4v) is 5.73. The first kappa shape index (κ1) is 18.7. The molecule has 0 spiro atoms. The Morgan fingerprint density at radius 2 is 2.35 bits per heavy atom. The molecule has 1 aliphatic heterocycles. The van der Waals surface area contributed by atoms with Crippen molar-refractivity contribution >= 4 is 27.5 Å². The number of rotatable bonds is 7. The molecular weight excluding hydrogens is 376 g/mol. The Bertz CT molecular complexity index is 905. The second-order valence-electron chi connectivity index (χ2n) is 6.42. The van der Waals surface area contributed by atoms with Gasteiger partial charge >= 0.3 is 0 Å². The Hall–Kier alpha value is -2.07. The molecular formula is C16H20N4O4S2. The highest BCUT2D eigenvalue weighted by atomic mass is 32.2. The highest BCUT2D eigenvalue weighted by molar-refractivity contribution is 7.99. The van der Waals surface area contributed by atoms with Crippen molar-refractivity contribution in [3.05, 3.63) is 31.1 Å². The molecule has 1 fully saturated rings. The van der Waals surface area contributed by atoms with Gasteiger partial charge in [0, 0.05) is 6.54 Å². The predicted octanol–water partition coefficient (Wildman–Crippen LogP) is 1.51. The van der Waals surface area contributed by atoms with Crippen molar-refractivity contribution in [2.45, 2.75) is 30.6 Å². The van der Waals surface area contributed by atoms with Crippen molar-refractivity contribution in [3.63, 3.8) is 0 Å². The number of hydrogen-bond donors (Lipinski definition) is 1. The molecule has 0 bridgehead atoms. The number of carbonyl (C=O) groups is 1. The van der Waals surface area contributed by atoms with E-state index in [1.165, 1.54) is 11.8 Å². The smallest absolute Gasteiger partial charge is 0.230 e. The van der Waals surface area contributed by atoms with E-state index < -0.39 is 15.4 Å². The normalized spacial score (nSPS) is 21.6. The van der Waals surface area contributed by atoms with E-state index in [-0.39, 0.29) is 23.2 Å². The fourth-order valence-electron chi connectivity index (χ4n) is 2.89. The third-order valence-corrected chi connectivity index (χ3v) is 6.92. The molecule has 3 rings (SSSR count). The van der Waals surface area contributed by atoms with Gasteiger partial charge in [-0.3, -0.25) is 9.36 Å². The molecule has 1 saturated heterocycles. The number of nitrogens with zero attached hydrogens (tertiary/aromatic N) is 3. The minimum atomic E-state index is -3.07. The zero-order valence-corrected chi connectivity index (χ0v) is 16.0. The van der Waals surface area contributed by atoms with Gasteiger partial charge in [-0.25, -0.2) is 8.42 Å². The maximum Gasteiger partial charge on any atom is 0.230 e. The number of hydrogen-bond acceptors (Lipinski definition) is 7. The van der Waals surface area contributed by atoms with Crippen LogP contribution in [-0.4, -0.2) is 51.9 Å². The van der Waals surface area contributed by atoms with Crippen molar-refractivity contribution in [2.24, 2.45) is 0 Å². The van der Waals surface area contributed by atoms with E-state index in [2.05, 4.69) is 22.1 Å². The van der Waals surface area contributed by atoms with Crippen LogP contribution in [-0.2, 0) is 21.2 Å². The van der Waals surface area contributed by atoms with Gasteiger partial charge in [0.2, 0.25) is 11.7 Å². The zero-order valence-electron chi connectivity index (χ0n) is 14.3. The van der Waals surface area contributed by atoms with Gasteiger partial charge in [-0.2, -0.15) is 0 Å². The quantitative estimate of drug-likeness (QED) is 0.558. The molecule has 2 aromatic heterocycles. The maximum atomic E-state index is 12.3. The first-order valence-corrected chi connectivity index (χ1v) is 10.8. The zero-order chi connectivity index (χ0) is 18.8. The SMILES string of the molecule is C=CCn1c(SCC(=O)N[C@@]2(C)CCS(=O)(=O)C2)nnc1-c1ccco1. The summed E-state index contributed by atoms with van der Waals surface area (Å²) in [5.74, 6) is 1.11. The van der Waals surface area contributed by atoms with Gasteiger partial charge in [-0.1, -0.05) is 17.8 Å². The lowest BCUT2D eigenvalue weighted by Crippen LogP contribution is -2.47. The number of furan rings is 1. The summed E-state index contributed by atoms with van der Waals surface area (Å²) in [5, 5.41) is 11.7. The molecule has 0 aromatic carbocycles. The Balaban J connectivity index is 1.66. The lowest BCUT2D eigenvalue weighted by Gasteiger charge is -2.23. The molecule has 2 aromatic rings. The van der Waals surface area contributed by atoms with Crippen LogP contribution in [0.4, 0.5) is 0 Å². The number of aromatic nitrogens is 3. The molecule has 1 amide bonds. The van der Waals surface area contributed by atoms with Crippen molar-refractivity contribution in [3.8, 4) is 11.6 Å². The van der Waals surface area contributed by atoms with E-state index in [9.17, 15) is 13.2 Å². The van der Waals surface area contributed by atoms with Gasteiger partial charge in [0.1, 0.15) is 0 Å². The fraction of sp³-hybridized carbons (Fsp3) is 0.438. The summed E-state index contributed by atoms with van der Waals surface area (Å²) in [5.41, 5.74) is -0.704. The van der Waals surface area contributed by atoms with Gasteiger partial charge < -0.3 is 9.73 Å². The lowest BCUT2D eigenvalue weighted by atomic mass is 10.0. The summed E-state index contributed by atoms with van der Waals surface area (Å²) in [6.45, 7) is 5.97. The highest BCUT2D eigenvalue weighted by Gasteiger charge is 2.39. The van der Waals surface area contributed by atoms with Crippen LogP contribution in [0.1, 0.15) is 13.3 Å². The lowest BCUT2D eigenvalue weighted by molar-refractivity contribution is -0.120. The number of sulfone groups is 1. The van der Waals surface area contributed by atoms with Crippen molar-refractivity contribution < 1.29 is 17.6 Å². The third-order valence-electron chi connectivity index (χ3n) is 4.05. The highest BCUT2D eigenvalue weighted by Crippen LogP contribution is 2.26. The van der Waals surface area contributed by atoms with E-state index in [4.69, 9.17) is 4.42 Å². The van der Waals surface area contributed by atoms with E-state index in [1.807, 2.05) is 4.57 Å². The van der Waals surface area contributed by atoms with E-state index in [1.54, 1.807) is 31.4 Å².